The average Bonchev–Trinajstić information content (AvgIpc) is 4.00. The number of piperazine rings is 2. The number of nitrogens with one attached hydrogen (secondary N) is 1. The summed E-state index contributed by atoms with van der Waals surface area (Å²) in [4.78, 5) is 100.0. The molecular formula is C56H71ClF2N10O9. The minimum Gasteiger partial charge on any atom is -0.443 e. The molecule has 0 unspecified atom stereocenters. The van der Waals surface area contributed by atoms with Gasteiger partial charge in [-0.1, -0.05) is 48.5 Å². The van der Waals surface area contributed by atoms with Crippen molar-refractivity contribution in [1.29, 1.82) is 0 Å². The van der Waals surface area contributed by atoms with E-state index in [1.165, 1.54) is 28.9 Å². The van der Waals surface area contributed by atoms with E-state index in [4.69, 9.17) is 15.2 Å². The second-order valence-corrected chi connectivity index (χ2v) is 20.1. The van der Waals surface area contributed by atoms with Gasteiger partial charge in [0.15, 0.2) is 11.6 Å². The normalized spacial score (nSPS) is 17.4. The van der Waals surface area contributed by atoms with E-state index in [0.29, 0.717) is 92.8 Å². The zero-order chi connectivity index (χ0) is 55.3. The summed E-state index contributed by atoms with van der Waals surface area (Å²) < 4.78 is 40.4. The summed E-state index contributed by atoms with van der Waals surface area (Å²) in [5.41, 5.74) is 10.6. The van der Waals surface area contributed by atoms with Crippen LogP contribution in [-0.2, 0) is 36.9 Å². The minimum atomic E-state index is -0.588. The second kappa shape index (κ2) is 27.9. The number of carbonyl (C=O) groups is 7. The molecule has 19 nitrogen and oxygen atoms in total. The molecule has 5 amide bonds. The van der Waals surface area contributed by atoms with Crippen LogP contribution in [0, 0.1) is 11.6 Å². The largest absolute Gasteiger partial charge is 0.443 e. The van der Waals surface area contributed by atoms with Gasteiger partial charge in [-0.15, -0.1) is 12.4 Å². The highest BCUT2D eigenvalue weighted by Gasteiger charge is 2.34. The standard InChI is InChI=1S/C29H36FN5O5.C27H34FN5O4.ClH/c1-20(36)31-17-24-19-35(29(39)40-24)23-8-9-26(25(30)16-23)33-12-14-34(15-13-33)28(38)11-10-27(37)22-6-4-21(5-7-22)18-32(2)3;1-30(2)17-19-3-5-20(6-4-19)25(34)9-10-26(35)32-13-11-31(12-14-32)24-8-7-21(15-23(24)28)33-18-22(16-29)37-27(33)36;/h4-9,16,24H,10-15,17-19H2,1-3H3,(H,31,36);3-8,15,22H,9-14,16-18,29H2,1-2H3;1H/t24-;22-;/m00./s1. The Labute approximate surface area is 460 Å². The van der Waals surface area contributed by atoms with Crippen molar-refractivity contribution in [2.24, 2.45) is 5.73 Å². The van der Waals surface area contributed by atoms with Crippen molar-refractivity contribution in [2.75, 3.05) is 126 Å². The summed E-state index contributed by atoms with van der Waals surface area (Å²) in [7, 11) is 7.95. The lowest BCUT2D eigenvalue weighted by Crippen LogP contribution is -2.49. The van der Waals surface area contributed by atoms with Gasteiger partial charge in [0.2, 0.25) is 17.7 Å². The second-order valence-electron chi connectivity index (χ2n) is 20.1. The number of nitrogens with two attached hydrogens (primary N) is 1. The number of Topliss-reactive ketones (excluding diaryl/α,β-unsaturated/α-hetero) is 2. The molecule has 0 saturated carbocycles. The molecule has 4 aromatic rings. The fraction of sp³-hybridized carbons (Fsp3) is 0.446. The number of benzene rings is 4. The van der Waals surface area contributed by atoms with E-state index in [0.717, 1.165) is 24.2 Å². The van der Waals surface area contributed by atoms with E-state index in [1.807, 2.05) is 74.4 Å². The Balaban J connectivity index is 0.000000250. The van der Waals surface area contributed by atoms with Gasteiger partial charge in [0.1, 0.15) is 23.8 Å². The maximum absolute atomic E-state index is 15.1. The van der Waals surface area contributed by atoms with Crippen LogP contribution in [0.1, 0.15) is 64.4 Å². The Kier molecular flexibility index (Phi) is 21.5. The predicted octanol–water partition coefficient (Wildman–Crippen LogP) is 5.57. The van der Waals surface area contributed by atoms with Crippen LogP contribution in [-0.4, -0.2) is 180 Å². The molecule has 78 heavy (non-hydrogen) atoms. The number of cyclic esters (lactones) is 2. The SMILES string of the molecule is CC(=O)NC[C@H]1CN(c2ccc(N3CCN(C(=O)CCC(=O)c4ccc(CN(C)C)cc4)CC3)c(F)c2)C(=O)O1.CN(C)Cc1ccc(C(=O)CCC(=O)N2CCN(c3ccc(N4C[C@H](CN)OC4=O)cc3F)CC2)cc1.Cl. The van der Waals surface area contributed by atoms with E-state index < -0.39 is 36.0 Å². The van der Waals surface area contributed by atoms with Gasteiger partial charge in [0.25, 0.3) is 0 Å². The lowest BCUT2D eigenvalue weighted by atomic mass is 10.0. The number of hydrogen-bond acceptors (Lipinski definition) is 14. The van der Waals surface area contributed by atoms with Crippen LogP contribution < -0.4 is 30.7 Å². The molecule has 0 radical (unpaired) electrons. The molecule has 22 heteroatoms. The highest BCUT2D eigenvalue weighted by atomic mass is 35.5. The average molecular weight is 1100 g/mol. The van der Waals surface area contributed by atoms with Gasteiger partial charge >= 0.3 is 12.2 Å². The number of nitrogens with zero attached hydrogens (tertiary/aromatic N) is 8. The van der Waals surface area contributed by atoms with Crippen molar-refractivity contribution >= 4 is 76.6 Å². The van der Waals surface area contributed by atoms with Crippen LogP contribution in [0.15, 0.2) is 84.9 Å². The molecule has 2 atom stereocenters. The molecule has 4 aliphatic heterocycles. The zero-order valence-electron chi connectivity index (χ0n) is 45.0. The summed E-state index contributed by atoms with van der Waals surface area (Å²) in [6, 6.07) is 24.2. The highest BCUT2D eigenvalue weighted by Crippen LogP contribution is 2.31. The quantitative estimate of drug-likeness (QED) is 0.111. The van der Waals surface area contributed by atoms with Gasteiger partial charge in [-0.3, -0.25) is 33.8 Å². The van der Waals surface area contributed by atoms with E-state index in [2.05, 4.69) is 15.1 Å². The van der Waals surface area contributed by atoms with Crippen molar-refractivity contribution in [3.63, 3.8) is 0 Å². The molecule has 4 fully saturated rings. The number of ether oxygens (including phenoxy) is 2. The maximum Gasteiger partial charge on any atom is 0.414 e. The number of halogens is 3. The Morgan fingerprint density at radius 3 is 1.31 bits per heavy atom. The monoisotopic (exact) mass is 1100 g/mol. The van der Waals surface area contributed by atoms with Gasteiger partial charge < -0.3 is 49.9 Å². The minimum absolute atomic E-state index is 0. The summed E-state index contributed by atoms with van der Waals surface area (Å²) in [6.07, 6.45) is -1.44. The van der Waals surface area contributed by atoms with Crippen molar-refractivity contribution in [2.45, 2.75) is 57.9 Å². The summed E-state index contributed by atoms with van der Waals surface area (Å²) in [6.45, 7) is 7.49. The summed E-state index contributed by atoms with van der Waals surface area (Å²) >= 11 is 0. The van der Waals surface area contributed by atoms with Crippen LogP contribution in [0.2, 0.25) is 0 Å². The molecule has 3 N–H and O–H groups in total. The summed E-state index contributed by atoms with van der Waals surface area (Å²) in [5.74, 6) is -1.41. The van der Waals surface area contributed by atoms with E-state index in [9.17, 15) is 38.0 Å². The number of rotatable bonds is 19. The number of ketones is 2. The predicted molar refractivity (Wildman–Crippen MR) is 295 cm³/mol. The third-order valence-electron chi connectivity index (χ3n) is 13.7. The number of anilines is 4. The first kappa shape index (κ1) is 60.0. The van der Waals surface area contributed by atoms with Crippen LogP contribution >= 0.6 is 12.4 Å². The maximum atomic E-state index is 15.1. The molecule has 4 aromatic carbocycles. The van der Waals surface area contributed by atoms with E-state index >= 15 is 4.39 Å². The molecular weight excluding hydrogens is 1030 g/mol. The van der Waals surface area contributed by atoms with Gasteiger partial charge in [0.05, 0.1) is 42.4 Å². The van der Waals surface area contributed by atoms with Gasteiger partial charge in [0, 0.05) is 116 Å². The molecule has 4 saturated heterocycles. The molecule has 0 spiro atoms. The van der Waals surface area contributed by atoms with Gasteiger partial charge in [-0.25, -0.2) is 18.4 Å². The van der Waals surface area contributed by atoms with Crippen LogP contribution in [0.5, 0.6) is 0 Å². The first-order valence-electron chi connectivity index (χ1n) is 25.9. The van der Waals surface area contributed by atoms with Crippen LogP contribution in [0.4, 0.5) is 41.1 Å². The lowest BCUT2D eigenvalue weighted by molar-refractivity contribution is -0.132. The molecule has 4 heterocycles. The van der Waals surface area contributed by atoms with Crippen molar-refractivity contribution in [3.8, 4) is 0 Å². The van der Waals surface area contributed by atoms with Gasteiger partial charge in [-0.2, -0.15) is 0 Å². The van der Waals surface area contributed by atoms with Crippen LogP contribution in [0.25, 0.3) is 0 Å². The van der Waals surface area contributed by atoms with Crippen molar-refractivity contribution in [1.82, 2.24) is 24.9 Å². The highest BCUT2D eigenvalue weighted by molar-refractivity contribution is 5.99. The Hall–Kier alpha value is -7.20. The third-order valence-corrected chi connectivity index (χ3v) is 13.7. The van der Waals surface area contributed by atoms with E-state index in [1.54, 1.807) is 46.2 Å². The van der Waals surface area contributed by atoms with Crippen molar-refractivity contribution < 1.29 is 51.8 Å². The number of carbonyl (C=O) groups excluding carboxylic acids is 7. The first-order valence-corrected chi connectivity index (χ1v) is 25.9. The lowest BCUT2D eigenvalue weighted by Gasteiger charge is -2.36. The fourth-order valence-electron chi connectivity index (χ4n) is 9.55. The fourth-order valence-corrected chi connectivity index (χ4v) is 9.55. The van der Waals surface area contributed by atoms with Gasteiger partial charge in [-0.05, 0) is 75.7 Å². The molecule has 0 aliphatic carbocycles. The topological polar surface area (TPSA) is 202 Å². The molecule has 0 bridgehead atoms. The Morgan fingerprint density at radius 1 is 0.577 bits per heavy atom. The molecule has 0 aromatic heterocycles. The number of hydrogen-bond donors (Lipinski definition) is 2. The zero-order valence-corrected chi connectivity index (χ0v) is 45.8. The smallest absolute Gasteiger partial charge is 0.414 e. The molecule has 420 valence electrons. The Morgan fingerprint density at radius 2 is 0.962 bits per heavy atom. The summed E-state index contributed by atoms with van der Waals surface area (Å²) in [5, 5.41) is 2.61. The van der Waals surface area contributed by atoms with Crippen molar-refractivity contribution in [3.05, 3.63) is 119 Å². The molecule has 4 aliphatic rings. The molecule has 8 rings (SSSR count). The number of amides is 5. The van der Waals surface area contributed by atoms with Crippen LogP contribution in [0.3, 0.4) is 0 Å². The van der Waals surface area contributed by atoms with E-state index in [-0.39, 0.29) is 87.0 Å². The first-order chi connectivity index (χ1) is 36.8. The Bertz CT molecular complexity index is 2760. The third kappa shape index (κ3) is 16.2.